The number of aromatic nitrogens is 3. The molecule has 3 rings (SSSR count). The van der Waals surface area contributed by atoms with Gasteiger partial charge in [0.25, 0.3) is 0 Å². The highest BCUT2D eigenvalue weighted by Crippen LogP contribution is 2.16. The number of aliphatic hydroxyl groups excluding tert-OH is 1. The van der Waals surface area contributed by atoms with E-state index in [2.05, 4.69) is 9.97 Å². The van der Waals surface area contributed by atoms with Crippen molar-refractivity contribution in [3.8, 4) is 11.4 Å². The van der Waals surface area contributed by atoms with E-state index in [1.165, 1.54) is 0 Å². The van der Waals surface area contributed by atoms with E-state index in [0.717, 1.165) is 22.6 Å². The third kappa shape index (κ3) is 1.79. The zero-order chi connectivity index (χ0) is 11.7. The summed E-state index contributed by atoms with van der Waals surface area (Å²) in [5, 5.41) is 9.07. The van der Waals surface area contributed by atoms with Gasteiger partial charge in [0.1, 0.15) is 11.3 Å². The summed E-state index contributed by atoms with van der Waals surface area (Å²) in [5.74, 6) is 0. The Labute approximate surface area is 98.2 Å². The van der Waals surface area contributed by atoms with Crippen LogP contribution in [0.3, 0.4) is 0 Å². The maximum Gasteiger partial charge on any atom is 0.137 e. The zero-order valence-corrected chi connectivity index (χ0v) is 9.11. The van der Waals surface area contributed by atoms with Crippen molar-refractivity contribution in [2.24, 2.45) is 0 Å². The minimum atomic E-state index is 0.0348. The third-order valence-corrected chi connectivity index (χ3v) is 2.62. The molecule has 17 heavy (non-hydrogen) atoms. The first-order valence-corrected chi connectivity index (χ1v) is 5.37. The molecule has 84 valence electrons. The van der Waals surface area contributed by atoms with Crippen molar-refractivity contribution in [3.63, 3.8) is 0 Å². The van der Waals surface area contributed by atoms with Crippen molar-refractivity contribution in [1.29, 1.82) is 0 Å². The third-order valence-electron chi connectivity index (χ3n) is 2.62. The van der Waals surface area contributed by atoms with Gasteiger partial charge in [-0.2, -0.15) is 0 Å². The minimum Gasteiger partial charge on any atom is -0.392 e. The van der Waals surface area contributed by atoms with Gasteiger partial charge in [-0.15, -0.1) is 0 Å². The van der Waals surface area contributed by atoms with Crippen LogP contribution in [0.25, 0.3) is 17.0 Å². The molecular weight excluding hydrogens is 214 g/mol. The number of hydrogen-bond donors (Lipinski definition) is 1. The second kappa shape index (κ2) is 3.99. The van der Waals surface area contributed by atoms with Gasteiger partial charge in [-0.3, -0.25) is 4.98 Å². The first-order valence-electron chi connectivity index (χ1n) is 5.37. The van der Waals surface area contributed by atoms with Crippen LogP contribution in [0.4, 0.5) is 0 Å². The summed E-state index contributed by atoms with van der Waals surface area (Å²) in [6.45, 7) is 0.0348. The largest absolute Gasteiger partial charge is 0.392 e. The topological polar surface area (TPSA) is 50.4 Å². The summed E-state index contributed by atoms with van der Waals surface area (Å²) in [6.07, 6.45) is 5.53. The molecule has 4 nitrogen and oxygen atoms in total. The maximum atomic E-state index is 9.07. The molecule has 1 N–H and O–H groups in total. The molecule has 0 aromatic carbocycles. The summed E-state index contributed by atoms with van der Waals surface area (Å²) >= 11 is 0. The number of pyridine rings is 2. The SMILES string of the molecule is OCc1ccc2nc(-c3ccccn3)cn2c1. The molecular formula is C13H11N3O. The van der Waals surface area contributed by atoms with Crippen molar-refractivity contribution in [1.82, 2.24) is 14.4 Å². The molecule has 3 aromatic heterocycles. The van der Waals surface area contributed by atoms with Gasteiger partial charge in [0.2, 0.25) is 0 Å². The number of hydrogen-bond acceptors (Lipinski definition) is 3. The smallest absolute Gasteiger partial charge is 0.137 e. The Kier molecular flexibility index (Phi) is 2.34. The number of fused-ring (bicyclic) bond motifs is 1. The first-order chi connectivity index (χ1) is 8.36. The normalized spacial score (nSPS) is 10.9. The molecule has 0 aliphatic carbocycles. The summed E-state index contributed by atoms with van der Waals surface area (Å²) in [6, 6.07) is 9.49. The lowest BCUT2D eigenvalue weighted by atomic mass is 10.3. The number of nitrogens with zero attached hydrogens (tertiary/aromatic N) is 3. The standard InChI is InChI=1S/C13H11N3O/c17-9-10-4-5-13-15-12(8-16(13)7-10)11-3-1-2-6-14-11/h1-8,17H,9H2. The predicted molar refractivity (Wildman–Crippen MR) is 64.3 cm³/mol. The Morgan fingerprint density at radius 3 is 2.76 bits per heavy atom. The maximum absolute atomic E-state index is 9.07. The molecule has 0 amide bonds. The predicted octanol–water partition coefficient (Wildman–Crippen LogP) is 1.89. The van der Waals surface area contributed by atoms with Crippen molar-refractivity contribution in [3.05, 3.63) is 54.5 Å². The van der Waals surface area contributed by atoms with E-state index in [4.69, 9.17) is 5.11 Å². The molecule has 3 aromatic rings. The van der Waals surface area contributed by atoms with E-state index in [-0.39, 0.29) is 6.61 Å². The van der Waals surface area contributed by atoms with Crippen LogP contribution in [-0.2, 0) is 6.61 Å². The fourth-order valence-corrected chi connectivity index (χ4v) is 1.77. The molecule has 0 spiro atoms. The minimum absolute atomic E-state index is 0.0348. The Morgan fingerprint density at radius 1 is 1.06 bits per heavy atom. The fourth-order valence-electron chi connectivity index (χ4n) is 1.77. The molecule has 0 saturated heterocycles. The first kappa shape index (κ1) is 9.99. The van der Waals surface area contributed by atoms with Crippen LogP contribution in [0.15, 0.2) is 48.9 Å². The van der Waals surface area contributed by atoms with Crippen molar-refractivity contribution < 1.29 is 5.11 Å². The van der Waals surface area contributed by atoms with Crippen LogP contribution < -0.4 is 0 Å². The molecule has 0 radical (unpaired) electrons. The van der Waals surface area contributed by atoms with Gasteiger partial charge in [0, 0.05) is 18.6 Å². The summed E-state index contributed by atoms with van der Waals surface area (Å²) < 4.78 is 1.90. The Bertz CT molecular complexity index is 646. The average Bonchev–Trinajstić information content (AvgIpc) is 2.82. The average molecular weight is 225 g/mol. The quantitative estimate of drug-likeness (QED) is 0.724. The highest BCUT2D eigenvalue weighted by molar-refractivity contribution is 5.58. The summed E-state index contributed by atoms with van der Waals surface area (Å²) in [5.41, 5.74) is 3.40. The second-order valence-corrected chi connectivity index (χ2v) is 3.80. The van der Waals surface area contributed by atoms with E-state index in [0.29, 0.717) is 0 Å². The second-order valence-electron chi connectivity index (χ2n) is 3.80. The highest BCUT2D eigenvalue weighted by Gasteiger charge is 2.04. The molecule has 0 unspecified atom stereocenters. The van der Waals surface area contributed by atoms with Gasteiger partial charge < -0.3 is 9.51 Å². The van der Waals surface area contributed by atoms with Crippen LogP contribution in [0.5, 0.6) is 0 Å². The molecule has 0 atom stereocenters. The van der Waals surface area contributed by atoms with E-state index in [1.54, 1.807) is 6.20 Å². The van der Waals surface area contributed by atoms with Crippen molar-refractivity contribution in [2.75, 3.05) is 0 Å². The van der Waals surface area contributed by atoms with Gasteiger partial charge in [-0.05, 0) is 23.8 Å². The van der Waals surface area contributed by atoms with Crippen LogP contribution in [0, 0.1) is 0 Å². The van der Waals surface area contributed by atoms with E-state index in [9.17, 15) is 0 Å². The van der Waals surface area contributed by atoms with Crippen LogP contribution in [-0.4, -0.2) is 19.5 Å². The lowest BCUT2D eigenvalue weighted by molar-refractivity contribution is 0.281. The van der Waals surface area contributed by atoms with E-state index >= 15 is 0 Å². The number of aliphatic hydroxyl groups is 1. The molecule has 0 fully saturated rings. The van der Waals surface area contributed by atoms with Crippen molar-refractivity contribution >= 4 is 5.65 Å². The highest BCUT2D eigenvalue weighted by atomic mass is 16.3. The van der Waals surface area contributed by atoms with E-state index < -0.39 is 0 Å². The van der Waals surface area contributed by atoms with Gasteiger partial charge in [-0.1, -0.05) is 12.1 Å². The lowest BCUT2D eigenvalue weighted by Gasteiger charge is -1.96. The van der Waals surface area contributed by atoms with Crippen LogP contribution in [0.1, 0.15) is 5.56 Å². The summed E-state index contributed by atoms with van der Waals surface area (Å²) in [7, 11) is 0. The van der Waals surface area contributed by atoms with Crippen LogP contribution >= 0.6 is 0 Å². The van der Waals surface area contributed by atoms with Crippen molar-refractivity contribution in [2.45, 2.75) is 6.61 Å². The number of imidazole rings is 1. The monoisotopic (exact) mass is 225 g/mol. The number of rotatable bonds is 2. The molecule has 0 bridgehead atoms. The fraction of sp³-hybridized carbons (Fsp3) is 0.0769. The summed E-state index contributed by atoms with van der Waals surface area (Å²) in [4.78, 5) is 8.74. The Hall–Kier alpha value is -2.20. The Morgan fingerprint density at radius 2 is 2.00 bits per heavy atom. The molecule has 3 heterocycles. The molecule has 0 aliphatic rings. The van der Waals surface area contributed by atoms with Gasteiger partial charge >= 0.3 is 0 Å². The van der Waals surface area contributed by atoms with Gasteiger partial charge in [-0.25, -0.2) is 4.98 Å². The lowest BCUT2D eigenvalue weighted by Crippen LogP contribution is -1.88. The molecule has 0 saturated carbocycles. The molecule has 0 aliphatic heterocycles. The van der Waals surface area contributed by atoms with Crippen LogP contribution in [0.2, 0.25) is 0 Å². The zero-order valence-electron chi connectivity index (χ0n) is 9.11. The van der Waals surface area contributed by atoms with Gasteiger partial charge in [0.15, 0.2) is 0 Å². The van der Waals surface area contributed by atoms with Gasteiger partial charge in [0.05, 0.1) is 12.3 Å². The Balaban J connectivity index is 2.14. The molecule has 4 heteroatoms. The van der Waals surface area contributed by atoms with E-state index in [1.807, 2.05) is 47.1 Å².